The van der Waals surface area contributed by atoms with Gasteiger partial charge in [-0.15, -0.1) is 0 Å². The number of piperidine rings is 1. The van der Waals surface area contributed by atoms with Crippen molar-refractivity contribution in [1.29, 1.82) is 0 Å². The molecule has 3 rings (SSSR count). The van der Waals surface area contributed by atoms with Gasteiger partial charge < -0.3 is 5.32 Å². The van der Waals surface area contributed by atoms with Gasteiger partial charge in [0.15, 0.2) is 0 Å². The van der Waals surface area contributed by atoms with Crippen LogP contribution in [0.3, 0.4) is 0 Å². The Morgan fingerprint density at radius 3 is 2.44 bits per heavy atom. The Morgan fingerprint density at radius 2 is 1.81 bits per heavy atom. The van der Waals surface area contributed by atoms with Crippen LogP contribution < -0.4 is 5.32 Å². The van der Waals surface area contributed by atoms with E-state index in [-0.39, 0.29) is 17.9 Å². The van der Waals surface area contributed by atoms with E-state index in [1.54, 1.807) is 0 Å². The van der Waals surface area contributed by atoms with Crippen LogP contribution in [-0.4, -0.2) is 23.9 Å². The molecule has 1 amide bonds. The fourth-order valence-corrected chi connectivity index (χ4v) is 3.93. The summed E-state index contributed by atoms with van der Waals surface area (Å²) < 4.78 is 0. The Balaban J connectivity index is 1.52. The first-order valence-electron chi connectivity index (χ1n) is 9.89. The van der Waals surface area contributed by atoms with E-state index >= 15 is 0 Å². The molecule has 2 aromatic carbocycles. The van der Waals surface area contributed by atoms with Gasteiger partial charge in [-0.25, -0.2) is 0 Å². The highest BCUT2D eigenvalue weighted by Crippen LogP contribution is 2.24. The van der Waals surface area contributed by atoms with E-state index in [0.717, 1.165) is 49.5 Å². The van der Waals surface area contributed by atoms with Crippen LogP contribution in [0.5, 0.6) is 0 Å². The van der Waals surface area contributed by atoms with E-state index in [4.69, 9.17) is 11.6 Å². The van der Waals surface area contributed by atoms with E-state index in [0.29, 0.717) is 0 Å². The maximum atomic E-state index is 12.8. The van der Waals surface area contributed by atoms with Crippen LogP contribution in [0.15, 0.2) is 48.5 Å². The minimum atomic E-state index is 0.0965. The lowest BCUT2D eigenvalue weighted by molar-refractivity contribution is -0.127. The van der Waals surface area contributed by atoms with E-state index in [9.17, 15) is 4.79 Å². The molecule has 1 atom stereocenters. The number of amides is 1. The summed E-state index contributed by atoms with van der Waals surface area (Å²) in [5.41, 5.74) is 3.59. The summed E-state index contributed by atoms with van der Waals surface area (Å²) in [7, 11) is 0. The van der Waals surface area contributed by atoms with Crippen LogP contribution in [0.25, 0.3) is 0 Å². The van der Waals surface area contributed by atoms with Crippen molar-refractivity contribution < 1.29 is 4.79 Å². The second kappa shape index (κ2) is 9.38. The predicted molar refractivity (Wildman–Crippen MR) is 112 cm³/mol. The van der Waals surface area contributed by atoms with E-state index in [1.807, 2.05) is 18.2 Å². The van der Waals surface area contributed by atoms with E-state index in [1.165, 1.54) is 11.1 Å². The summed E-state index contributed by atoms with van der Waals surface area (Å²) in [4.78, 5) is 15.2. The van der Waals surface area contributed by atoms with E-state index < -0.39 is 0 Å². The first-order valence-corrected chi connectivity index (χ1v) is 10.3. The second-order valence-electron chi connectivity index (χ2n) is 7.52. The second-order valence-corrected chi connectivity index (χ2v) is 7.93. The highest BCUT2D eigenvalue weighted by atomic mass is 35.5. The number of halogens is 1. The molecule has 0 saturated carbocycles. The van der Waals surface area contributed by atoms with Gasteiger partial charge in [-0.3, -0.25) is 9.69 Å². The molecule has 4 heteroatoms. The van der Waals surface area contributed by atoms with Gasteiger partial charge in [-0.1, -0.05) is 66.6 Å². The summed E-state index contributed by atoms with van der Waals surface area (Å²) in [6, 6.07) is 16.6. The maximum absolute atomic E-state index is 12.8. The van der Waals surface area contributed by atoms with Crippen molar-refractivity contribution in [1.82, 2.24) is 10.2 Å². The summed E-state index contributed by atoms with van der Waals surface area (Å²) in [5, 5.41) is 4.09. The summed E-state index contributed by atoms with van der Waals surface area (Å²) in [6.45, 7) is 6.93. The van der Waals surface area contributed by atoms with Crippen LogP contribution >= 0.6 is 11.6 Å². The number of nitrogens with one attached hydrogen (secondary N) is 1. The number of carbonyl (C=O) groups excluding carboxylic acids is 1. The molecule has 3 nitrogen and oxygen atoms in total. The summed E-state index contributed by atoms with van der Waals surface area (Å²) in [6.07, 6.45) is 2.71. The number of hydrogen-bond acceptors (Lipinski definition) is 2. The SMILES string of the molecule is CC[C@H](NC(=O)C1CCN(Cc2ccccc2Cl)CC1)c1ccc(C)cc1. The lowest BCUT2D eigenvalue weighted by Crippen LogP contribution is -2.41. The Bertz CT molecular complexity index is 751. The lowest BCUT2D eigenvalue weighted by Gasteiger charge is -2.32. The Morgan fingerprint density at radius 1 is 1.15 bits per heavy atom. The molecule has 0 radical (unpaired) electrons. The third-order valence-corrected chi connectivity index (χ3v) is 5.88. The minimum absolute atomic E-state index is 0.0965. The highest BCUT2D eigenvalue weighted by Gasteiger charge is 2.26. The number of likely N-dealkylation sites (tertiary alicyclic amines) is 1. The quantitative estimate of drug-likeness (QED) is 0.748. The monoisotopic (exact) mass is 384 g/mol. The third-order valence-electron chi connectivity index (χ3n) is 5.51. The Labute approximate surface area is 167 Å². The summed E-state index contributed by atoms with van der Waals surface area (Å²) in [5.74, 6) is 0.298. The maximum Gasteiger partial charge on any atom is 0.223 e. The van der Waals surface area contributed by atoms with Crippen molar-refractivity contribution in [2.75, 3.05) is 13.1 Å². The molecular weight excluding hydrogens is 356 g/mol. The topological polar surface area (TPSA) is 32.3 Å². The molecule has 0 bridgehead atoms. The Hall–Kier alpha value is -1.84. The van der Waals surface area contributed by atoms with Crippen molar-refractivity contribution in [2.45, 2.75) is 45.7 Å². The minimum Gasteiger partial charge on any atom is -0.349 e. The number of carbonyl (C=O) groups is 1. The third kappa shape index (κ3) is 5.33. The van der Waals surface area contributed by atoms with Gasteiger partial charge in [0.2, 0.25) is 5.91 Å². The molecule has 1 fully saturated rings. The zero-order valence-electron chi connectivity index (χ0n) is 16.2. The van der Waals surface area contributed by atoms with Gasteiger partial charge in [0.25, 0.3) is 0 Å². The van der Waals surface area contributed by atoms with Gasteiger partial charge >= 0.3 is 0 Å². The zero-order valence-corrected chi connectivity index (χ0v) is 17.0. The van der Waals surface area contributed by atoms with Crippen molar-refractivity contribution in [2.24, 2.45) is 5.92 Å². The van der Waals surface area contributed by atoms with E-state index in [2.05, 4.69) is 54.4 Å². The number of hydrogen-bond donors (Lipinski definition) is 1. The molecule has 0 unspecified atom stereocenters. The molecule has 0 spiro atoms. The lowest BCUT2D eigenvalue weighted by atomic mass is 9.94. The number of aryl methyl sites for hydroxylation is 1. The van der Waals surface area contributed by atoms with Crippen molar-refractivity contribution in [3.63, 3.8) is 0 Å². The smallest absolute Gasteiger partial charge is 0.223 e. The van der Waals surface area contributed by atoms with Gasteiger partial charge in [-0.05, 0) is 56.5 Å². The molecule has 144 valence electrons. The fraction of sp³-hybridized carbons (Fsp3) is 0.435. The molecule has 1 saturated heterocycles. The number of rotatable bonds is 6. The standard InChI is InChI=1S/C23H29ClN2O/c1-3-22(18-10-8-17(2)9-11-18)25-23(27)19-12-14-26(15-13-19)16-20-6-4-5-7-21(20)24/h4-11,19,22H,3,12-16H2,1-2H3,(H,25,27)/t22-/m0/s1. The van der Waals surface area contributed by atoms with Crippen molar-refractivity contribution in [3.8, 4) is 0 Å². The average Bonchev–Trinajstić information content (AvgIpc) is 2.69. The van der Waals surface area contributed by atoms with Crippen molar-refractivity contribution >= 4 is 17.5 Å². The molecule has 2 aromatic rings. The van der Waals surface area contributed by atoms with Gasteiger partial charge in [-0.2, -0.15) is 0 Å². The molecule has 0 aromatic heterocycles. The van der Waals surface area contributed by atoms with Gasteiger partial charge in [0, 0.05) is 17.5 Å². The van der Waals surface area contributed by atoms with Crippen LogP contribution in [0.1, 0.15) is 48.9 Å². The van der Waals surface area contributed by atoms with Crippen LogP contribution in [0.2, 0.25) is 5.02 Å². The molecule has 1 heterocycles. The molecule has 27 heavy (non-hydrogen) atoms. The molecule has 1 N–H and O–H groups in total. The largest absolute Gasteiger partial charge is 0.349 e. The molecule has 1 aliphatic rings. The Kier molecular flexibility index (Phi) is 6.92. The number of benzene rings is 2. The van der Waals surface area contributed by atoms with Crippen LogP contribution in [0.4, 0.5) is 0 Å². The first kappa shape index (κ1) is 19.9. The molecular formula is C23H29ClN2O. The molecule has 1 aliphatic heterocycles. The van der Waals surface area contributed by atoms with Gasteiger partial charge in [0.1, 0.15) is 0 Å². The average molecular weight is 385 g/mol. The van der Waals surface area contributed by atoms with Crippen LogP contribution in [-0.2, 0) is 11.3 Å². The van der Waals surface area contributed by atoms with Crippen LogP contribution in [0, 0.1) is 12.8 Å². The fourth-order valence-electron chi connectivity index (χ4n) is 3.73. The highest BCUT2D eigenvalue weighted by molar-refractivity contribution is 6.31. The first-order chi connectivity index (χ1) is 13.1. The molecule has 0 aliphatic carbocycles. The normalized spacial score (nSPS) is 16.9. The van der Waals surface area contributed by atoms with Crippen molar-refractivity contribution in [3.05, 3.63) is 70.2 Å². The zero-order chi connectivity index (χ0) is 19.2. The summed E-state index contributed by atoms with van der Waals surface area (Å²) >= 11 is 6.27. The van der Waals surface area contributed by atoms with Gasteiger partial charge in [0.05, 0.1) is 6.04 Å². The predicted octanol–water partition coefficient (Wildman–Crippen LogP) is 5.13. The number of nitrogens with zero attached hydrogens (tertiary/aromatic N) is 1.